The van der Waals surface area contributed by atoms with Crippen LogP contribution in [-0.2, 0) is 36.4 Å². The Kier molecular flexibility index (Phi) is 8.66. The van der Waals surface area contributed by atoms with E-state index < -0.39 is 31.0 Å². The molecular weight excluding hydrogens is 629 g/mol. The minimum atomic E-state index is -3.65. The molecule has 1 atom stereocenters. The highest BCUT2D eigenvalue weighted by atomic mass is 35.5. The molecule has 41 heavy (non-hydrogen) atoms. The number of halogens is 2. The predicted molar refractivity (Wildman–Crippen MR) is 159 cm³/mol. The molecule has 1 unspecified atom stereocenters. The average Bonchev–Trinajstić information content (AvgIpc) is 3.30. The van der Waals surface area contributed by atoms with E-state index >= 15 is 0 Å². The molecule has 4 rings (SSSR count). The number of rotatable bonds is 9. The molecule has 14 heteroatoms. The van der Waals surface area contributed by atoms with Gasteiger partial charge in [0.15, 0.2) is 31.0 Å². The second kappa shape index (κ2) is 11.4. The van der Waals surface area contributed by atoms with Crippen molar-refractivity contribution in [1.82, 2.24) is 9.97 Å². The number of sulfone groups is 2. The van der Waals surface area contributed by atoms with E-state index in [1.54, 1.807) is 31.2 Å². The molecule has 0 spiro atoms. The summed E-state index contributed by atoms with van der Waals surface area (Å²) in [5.41, 5.74) is 6.88. The molecule has 2 aromatic carbocycles. The molecule has 0 aliphatic heterocycles. The lowest BCUT2D eigenvalue weighted by Gasteiger charge is -2.26. The minimum Gasteiger partial charge on any atom is -0.481 e. The van der Waals surface area contributed by atoms with Crippen LogP contribution >= 0.6 is 34.5 Å². The third-order valence-corrected chi connectivity index (χ3v) is 10.8. The summed E-state index contributed by atoms with van der Waals surface area (Å²) >= 11 is 13.4. The normalized spacial score (nSPS) is 13.5. The minimum absolute atomic E-state index is 0.0371. The fourth-order valence-corrected chi connectivity index (χ4v) is 8.00. The molecule has 2 N–H and O–H groups in total. The Morgan fingerprint density at radius 3 is 2.15 bits per heavy atom. The maximum Gasteiger partial charge on any atom is 0.212 e. The number of carbonyl (C=O) groups is 1. The summed E-state index contributed by atoms with van der Waals surface area (Å²) in [6, 6.07) is 12.1. The Hall–Kier alpha value is -2.87. The van der Waals surface area contributed by atoms with Crippen LogP contribution in [0.4, 0.5) is 0 Å². The van der Waals surface area contributed by atoms with Crippen LogP contribution in [0.2, 0.25) is 10.0 Å². The van der Waals surface area contributed by atoms with Gasteiger partial charge in [-0.1, -0.05) is 35.3 Å². The van der Waals surface area contributed by atoms with Gasteiger partial charge in [-0.3, -0.25) is 4.79 Å². The molecule has 0 bridgehead atoms. The first-order valence-electron chi connectivity index (χ1n) is 11.8. The van der Waals surface area contributed by atoms with Gasteiger partial charge in [-0.25, -0.2) is 26.8 Å². The zero-order valence-electron chi connectivity index (χ0n) is 22.3. The zero-order valence-corrected chi connectivity index (χ0v) is 26.3. The second-order valence-electron chi connectivity index (χ2n) is 9.39. The quantitative estimate of drug-likeness (QED) is 0.273. The van der Waals surface area contributed by atoms with E-state index in [1.807, 2.05) is 0 Å². The van der Waals surface area contributed by atoms with E-state index in [-0.39, 0.29) is 31.3 Å². The maximum absolute atomic E-state index is 14.0. The molecule has 0 aliphatic carbocycles. The van der Waals surface area contributed by atoms with Gasteiger partial charge in [-0.05, 0) is 48.4 Å². The van der Waals surface area contributed by atoms with Crippen molar-refractivity contribution in [2.24, 2.45) is 5.73 Å². The van der Waals surface area contributed by atoms with E-state index in [4.69, 9.17) is 33.7 Å². The van der Waals surface area contributed by atoms with Crippen LogP contribution < -0.4 is 10.5 Å². The number of thiazole rings is 1. The van der Waals surface area contributed by atoms with Crippen molar-refractivity contribution in [3.63, 3.8) is 0 Å². The molecule has 2 heterocycles. The molecule has 216 valence electrons. The second-order valence-corrected chi connectivity index (χ2v) is 15.2. The highest BCUT2D eigenvalue weighted by molar-refractivity contribution is 7.91. The summed E-state index contributed by atoms with van der Waals surface area (Å²) in [5, 5.41) is 0.358. The van der Waals surface area contributed by atoms with Crippen LogP contribution in [0.5, 0.6) is 5.88 Å². The fraction of sp³-hybridized carbons (Fsp3) is 0.222. The molecule has 0 amide bonds. The van der Waals surface area contributed by atoms with Crippen molar-refractivity contribution in [2.75, 3.05) is 19.6 Å². The zero-order chi connectivity index (χ0) is 30.3. The lowest BCUT2D eigenvalue weighted by molar-refractivity contribution is -0.122. The molecule has 0 aliphatic rings. The summed E-state index contributed by atoms with van der Waals surface area (Å²) in [5.74, 6) is -0.177. The number of methoxy groups -OCH3 is 1. The van der Waals surface area contributed by atoms with Crippen molar-refractivity contribution < 1.29 is 26.4 Å². The lowest BCUT2D eigenvalue weighted by atomic mass is 9.85. The van der Waals surface area contributed by atoms with E-state index in [0.717, 1.165) is 23.8 Å². The molecule has 0 radical (unpaired) electrons. The number of pyridine rings is 1. The van der Waals surface area contributed by atoms with Crippen LogP contribution in [0.3, 0.4) is 0 Å². The Morgan fingerprint density at radius 2 is 1.59 bits per heavy atom. The SMILES string of the molecule is COc1ccc(C(N)(C(=O)Cc2ccc(Cl)c(S(C)(=O)=O)c2)c2nc(C)c(-c3ccc(Cl)c(S(C)(=O)=O)c3)s2)cn1. The number of carbonyl (C=O) groups excluding carboxylic acids is 1. The van der Waals surface area contributed by atoms with Gasteiger partial charge < -0.3 is 10.5 Å². The number of hydrogen-bond acceptors (Lipinski definition) is 10. The van der Waals surface area contributed by atoms with Crippen molar-refractivity contribution in [1.29, 1.82) is 0 Å². The van der Waals surface area contributed by atoms with Crippen molar-refractivity contribution in [3.05, 3.63) is 86.6 Å². The van der Waals surface area contributed by atoms with E-state index in [0.29, 0.717) is 33.1 Å². The summed E-state index contributed by atoms with van der Waals surface area (Å²) in [4.78, 5) is 23.3. The number of nitrogens with two attached hydrogens (primary N) is 1. The monoisotopic (exact) mass is 653 g/mol. The van der Waals surface area contributed by atoms with E-state index in [2.05, 4.69) is 9.97 Å². The molecule has 0 saturated carbocycles. The topological polar surface area (TPSA) is 146 Å². The number of hydrogen-bond donors (Lipinski definition) is 1. The molecule has 2 aromatic heterocycles. The molecule has 0 saturated heterocycles. The summed E-state index contributed by atoms with van der Waals surface area (Å²) in [6.45, 7) is 1.72. The van der Waals surface area contributed by atoms with Gasteiger partial charge in [0.1, 0.15) is 5.01 Å². The Labute approximate surface area is 252 Å². The average molecular weight is 655 g/mol. The number of benzene rings is 2. The van der Waals surface area contributed by atoms with Gasteiger partial charge in [0, 0.05) is 36.8 Å². The number of nitrogens with zero attached hydrogens (tertiary/aromatic N) is 2. The Balaban J connectivity index is 1.86. The Bertz CT molecular complexity index is 1870. The van der Waals surface area contributed by atoms with Gasteiger partial charge in [0.25, 0.3) is 0 Å². The van der Waals surface area contributed by atoms with Crippen LogP contribution in [0.25, 0.3) is 10.4 Å². The number of Topliss-reactive ketones (excluding diaryl/α,β-unsaturated/α-hetero) is 1. The number of aryl methyl sites for hydroxylation is 1. The van der Waals surface area contributed by atoms with Crippen molar-refractivity contribution >= 4 is 60.0 Å². The van der Waals surface area contributed by atoms with Gasteiger partial charge in [-0.15, -0.1) is 11.3 Å². The largest absolute Gasteiger partial charge is 0.481 e. The molecule has 0 fully saturated rings. The molecule has 9 nitrogen and oxygen atoms in total. The predicted octanol–water partition coefficient (Wildman–Crippen LogP) is 4.65. The van der Waals surface area contributed by atoms with Gasteiger partial charge in [0.2, 0.25) is 5.88 Å². The first-order chi connectivity index (χ1) is 19.0. The summed E-state index contributed by atoms with van der Waals surface area (Å²) < 4.78 is 54.1. The maximum atomic E-state index is 14.0. The molecule has 4 aromatic rings. The fourth-order valence-electron chi connectivity index (χ4n) is 4.17. The number of ketones is 1. The standard InChI is InChI=1S/C27H25Cl2N3O6S3/c1-15-25(17-6-9-20(29)22(13-17)41(4,36)37)39-26(32-15)27(30,18-7-10-24(38-2)31-14-18)23(33)12-16-5-8-19(28)21(11-16)40(3,34)35/h5-11,13-14H,12,30H2,1-4H3. The van der Waals surface area contributed by atoms with Gasteiger partial charge in [0.05, 0.1) is 37.5 Å². The Morgan fingerprint density at radius 1 is 0.976 bits per heavy atom. The first-order valence-corrected chi connectivity index (χ1v) is 17.2. The van der Waals surface area contributed by atoms with Crippen LogP contribution in [0.1, 0.15) is 21.8 Å². The first kappa shape index (κ1) is 31.1. The molecular formula is C27H25Cl2N3O6S3. The van der Waals surface area contributed by atoms with Crippen molar-refractivity contribution in [3.8, 4) is 16.3 Å². The highest BCUT2D eigenvalue weighted by Gasteiger charge is 2.41. The van der Waals surface area contributed by atoms with E-state index in [1.165, 1.54) is 37.6 Å². The number of ether oxygens (including phenoxy) is 1. The van der Waals surface area contributed by atoms with Gasteiger partial charge >= 0.3 is 0 Å². The lowest BCUT2D eigenvalue weighted by Crippen LogP contribution is -2.47. The van der Waals surface area contributed by atoms with Crippen LogP contribution in [-0.4, -0.2) is 52.2 Å². The smallest absolute Gasteiger partial charge is 0.212 e. The summed E-state index contributed by atoms with van der Waals surface area (Å²) in [7, 11) is -5.81. The number of aromatic nitrogens is 2. The van der Waals surface area contributed by atoms with E-state index in [9.17, 15) is 21.6 Å². The third-order valence-electron chi connectivity index (χ3n) is 6.33. The third kappa shape index (κ3) is 6.32. The van der Waals surface area contributed by atoms with Crippen molar-refractivity contribution in [2.45, 2.75) is 28.7 Å². The summed E-state index contributed by atoms with van der Waals surface area (Å²) in [6.07, 6.45) is 3.27. The van der Waals surface area contributed by atoms with Crippen LogP contribution in [0, 0.1) is 6.92 Å². The van der Waals surface area contributed by atoms with Gasteiger partial charge in [-0.2, -0.15) is 0 Å². The highest BCUT2D eigenvalue weighted by Crippen LogP contribution is 2.40. The van der Waals surface area contributed by atoms with Crippen LogP contribution in [0.15, 0.2) is 64.5 Å².